The Labute approximate surface area is 181 Å². The summed E-state index contributed by atoms with van der Waals surface area (Å²) >= 11 is 6.39. The normalized spacial score (nSPS) is 11.6. The molecule has 158 valence electrons. The van der Waals surface area contributed by atoms with Crippen molar-refractivity contribution in [3.8, 4) is 17.2 Å². The van der Waals surface area contributed by atoms with Gasteiger partial charge in [0.15, 0.2) is 11.5 Å². The van der Waals surface area contributed by atoms with Crippen molar-refractivity contribution in [2.24, 2.45) is 5.10 Å². The van der Waals surface area contributed by atoms with Crippen LogP contribution < -0.4 is 14.2 Å². The Balaban J connectivity index is 1.58. The molecule has 0 unspecified atom stereocenters. The highest BCUT2D eigenvalue weighted by atomic mass is 35.5. The first-order chi connectivity index (χ1) is 14.4. The van der Waals surface area contributed by atoms with Gasteiger partial charge in [-0.2, -0.15) is 5.10 Å². The molecule has 0 amide bonds. The number of aromatic nitrogens is 3. The summed E-state index contributed by atoms with van der Waals surface area (Å²) in [6.45, 7) is 7.25. The van der Waals surface area contributed by atoms with E-state index in [0.717, 1.165) is 11.3 Å². The van der Waals surface area contributed by atoms with Crippen molar-refractivity contribution >= 4 is 17.8 Å². The number of rotatable bonds is 8. The summed E-state index contributed by atoms with van der Waals surface area (Å²) < 4.78 is 18.5. The first-order valence-corrected chi connectivity index (χ1v) is 9.87. The van der Waals surface area contributed by atoms with E-state index < -0.39 is 0 Å². The molecule has 30 heavy (non-hydrogen) atoms. The molecule has 8 heteroatoms. The van der Waals surface area contributed by atoms with Crippen molar-refractivity contribution in [2.75, 3.05) is 20.3 Å². The Hall–Kier alpha value is -3.06. The van der Waals surface area contributed by atoms with Crippen molar-refractivity contribution < 1.29 is 14.2 Å². The van der Waals surface area contributed by atoms with Crippen molar-refractivity contribution in [3.05, 3.63) is 65.2 Å². The molecule has 0 aliphatic rings. The van der Waals surface area contributed by atoms with E-state index in [9.17, 15) is 0 Å². The van der Waals surface area contributed by atoms with Crippen LogP contribution >= 0.6 is 11.6 Å². The number of benzene rings is 2. The maximum atomic E-state index is 6.39. The lowest BCUT2D eigenvalue weighted by atomic mass is 9.87. The number of hydrogen-bond acceptors (Lipinski definition) is 6. The molecule has 0 saturated carbocycles. The first kappa shape index (κ1) is 21.6. The van der Waals surface area contributed by atoms with Gasteiger partial charge in [0, 0.05) is 0 Å². The highest BCUT2D eigenvalue weighted by Gasteiger charge is 2.14. The summed E-state index contributed by atoms with van der Waals surface area (Å²) in [5.74, 6) is 1.78. The summed E-state index contributed by atoms with van der Waals surface area (Å²) in [5, 5.41) is 12.0. The molecule has 0 atom stereocenters. The van der Waals surface area contributed by atoms with Gasteiger partial charge in [0.2, 0.25) is 0 Å². The second-order valence-corrected chi connectivity index (χ2v) is 8.00. The molecular weight excluding hydrogens is 404 g/mol. The quantitative estimate of drug-likeness (QED) is 0.388. The zero-order valence-electron chi connectivity index (χ0n) is 17.5. The Morgan fingerprint density at radius 2 is 1.70 bits per heavy atom. The second kappa shape index (κ2) is 9.63. The van der Waals surface area contributed by atoms with Crippen molar-refractivity contribution in [1.29, 1.82) is 0 Å². The topological polar surface area (TPSA) is 70.8 Å². The van der Waals surface area contributed by atoms with Crippen LogP contribution in [0.15, 0.2) is 54.2 Å². The average molecular weight is 429 g/mol. The highest BCUT2D eigenvalue weighted by molar-refractivity contribution is 6.32. The van der Waals surface area contributed by atoms with Gasteiger partial charge < -0.3 is 14.2 Å². The van der Waals surface area contributed by atoms with Gasteiger partial charge in [-0.25, -0.2) is 4.68 Å². The monoisotopic (exact) mass is 428 g/mol. The third kappa shape index (κ3) is 5.73. The van der Waals surface area contributed by atoms with Crippen LogP contribution in [0.2, 0.25) is 5.02 Å². The lowest BCUT2D eigenvalue weighted by Gasteiger charge is -2.19. The van der Waals surface area contributed by atoms with E-state index in [-0.39, 0.29) is 5.41 Å². The molecule has 2 aromatic carbocycles. The van der Waals surface area contributed by atoms with Crippen LogP contribution in [0.25, 0.3) is 0 Å². The zero-order valence-corrected chi connectivity index (χ0v) is 18.3. The fourth-order valence-electron chi connectivity index (χ4n) is 2.70. The van der Waals surface area contributed by atoms with Gasteiger partial charge in [0.1, 0.15) is 31.6 Å². The average Bonchev–Trinajstić information content (AvgIpc) is 3.23. The Kier molecular flexibility index (Phi) is 6.95. The molecule has 0 radical (unpaired) electrons. The van der Waals surface area contributed by atoms with Crippen LogP contribution in [0.1, 0.15) is 31.9 Å². The standard InChI is InChI=1S/C22H25ClN4O3/c1-22(2,3)17-5-7-18(8-6-17)29-9-10-30-21-19(23)11-16(12-20(21)28-4)13-26-27-14-24-25-15-27/h5-8,11-15H,9-10H2,1-4H3/b26-13-. The molecule has 7 nitrogen and oxygen atoms in total. The minimum Gasteiger partial charge on any atom is -0.493 e. The predicted octanol–water partition coefficient (Wildman–Crippen LogP) is 4.58. The van der Waals surface area contributed by atoms with E-state index in [1.165, 1.54) is 22.9 Å². The summed E-state index contributed by atoms with van der Waals surface area (Å²) in [6.07, 6.45) is 4.61. The van der Waals surface area contributed by atoms with E-state index in [1.54, 1.807) is 25.5 Å². The fourth-order valence-corrected chi connectivity index (χ4v) is 2.97. The maximum absolute atomic E-state index is 6.39. The molecule has 0 fully saturated rings. The van der Waals surface area contributed by atoms with Gasteiger partial charge >= 0.3 is 0 Å². The van der Waals surface area contributed by atoms with Crippen molar-refractivity contribution in [3.63, 3.8) is 0 Å². The number of halogens is 1. The Morgan fingerprint density at radius 3 is 2.33 bits per heavy atom. The molecule has 0 aliphatic heterocycles. The molecule has 0 spiro atoms. The molecule has 3 aromatic rings. The van der Waals surface area contributed by atoms with Crippen LogP contribution in [0, 0.1) is 0 Å². The van der Waals surface area contributed by atoms with Crippen LogP contribution in [-0.4, -0.2) is 41.4 Å². The predicted molar refractivity (Wildman–Crippen MR) is 117 cm³/mol. The smallest absolute Gasteiger partial charge is 0.179 e. The van der Waals surface area contributed by atoms with Gasteiger partial charge in [0.05, 0.1) is 18.3 Å². The highest BCUT2D eigenvalue weighted by Crippen LogP contribution is 2.36. The summed E-state index contributed by atoms with van der Waals surface area (Å²) in [6, 6.07) is 11.6. The van der Waals surface area contributed by atoms with E-state index in [2.05, 4.69) is 48.2 Å². The minimum atomic E-state index is 0.113. The number of ether oxygens (including phenoxy) is 3. The summed E-state index contributed by atoms with van der Waals surface area (Å²) in [4.78, 5) is 0. The first-order valence-electron chi connectivity index (χ1n) is 9.49. The lowest BCUT2D eigenvalue weighted by Crippen LogP contribution is -2.12. The molecular formula is C22H25ClN4O3. The third-order valence-corrected chi connectivity index (χ3v) is 4.60. The maximum Gasteiger partial charge on any atom is 0.179 e. The summed E-state index contributed by atoms with van der Waals surface area (Å²) in [7, 11) is 1.56. The van der Waals surface area contributed by atoms with Crippen molar-refractivity contribution in [2.45, 2.75) is 26.2 Å². The van der Waals surface area contributed by atoms with Crippen LogP contribution in [0.5, 0.6) is 17.2 Å². The Morgan fingerprint density at radius 1 is 1.03 bits per heavy atom. The van der Waals surface area contributed by atoms with Crippen LogP contribution in [-0.2, 0) is 5.41 Å². The molecule has 0 N–H and O–H groups in total. The van der Waals surface area contributed by atoms with E-state index in [0.29, 0.717) is 29.7 Å². The largest absolute Gasteiger partial charge is 0.493 e. The molecule has 1 heterocycles. The molecule has 1 aromatic heterocycles. The SMILES string of the molecule is COc1cc(/C=N\n2cnnc2)cc(Cl)c1OCCOc1ccc(C(C)(C)C)cc1. The van der Waals surface area contributed by atoms with E-state index in [1.807, 2.05) is 12.1 Å². The Bertz CT molecular complexity index is 981. The van der Waals surface area contributed by atoms with Gasteiger partial charge in [-0.1, -0.05) is 44.5 Å². The minimum absolute atomic E-state index is 0.113. The fraction of sp³-hybridized carbons (Fsp3) is 0.318. The van der Waals surface area contributed by atoms with Gasteiger partial charge in [0.25, 0.3) is 0 Å². The van der Waals surface area contributed by atoms with E-state index >= 15 is 0 Å². The summed E-state index contributed by atoms with van der Waals surface area (Å²) in [5.41, 5.74) is 2.13. The molecule has 3 rings (SSSR count). The lowest BCUT2D eigenvalue weighted by molar-refractivity contribution is 0.211. The molecule has 0 bridgehead atoms. The number of methoxy groups -OCH3 is 1. The van der Waals surface area contributed by atoms with Crippen LogP contribution in [0.4, 0.5) is 0 Å². The third-order valence-electron chi connectivity index (χ3n) is 4.32. The van der Waals surface area contributed by atoms with Crippen LogP contribution in [0.3, 0.4) is 0 Å². The molecule has 0 aliphatic carbocycles. The number of hydrogen-bond donors (Lipinski definition) is 0. The zero-order chi connectivity index (χ0) is 21.6. The van der Waals surface area contributed by atoms with Crippen molar-refractivity contribution in [1.82, 2.24) is 14.9 Å². The second-order valence-electron chi connectivity index (χ2n) is 7.59. The van der Waals surface area contributed by atoms with Gasteiger partial charge in [-0.05, 0) is 40.8 Å². The molecule has 0 saturated heterocycles. The van der Waals surface area contributed by atoms with E-state index in [4.69, 9.17) is 25.8 Å². The van der Waals surface area contributed by atoms with Gasteiger partial charge in [-0.15, -0.1) is 10.2 Å². The number of nitrogens with zero attached hydrogens (tertiary/aromatic N) is 4. The van der Waals surface area contributed by atoms with Gasteiger partial charge in [-0.3, -0.25) is 0 Å².